The van der Waals surface area contributed by atoms with Crippen molar-refractivity contribution in [3.63, 3.8) is 0 Å². The van der Waals surface area contributed by atoms with Crippen LogP contribution in [0.15, 0.2) is 77.3 Å². The second kappa shape index (κ2) is 11.4. The van der Waals surface area contributed by atoms with Crippen LogP contribution in [-0.4, -0.2) is 81.9 Å². The summed E-state index contributed by atoms with van der Waals surface area (Å²) in [6.45, 7) is 10.6. The zero-order valence-corrected chi connectivity index (χ0v) is 23.6. The molecule has 200 valence electrons. The van der Waals surface area contributed by atoms with Gasteiger partial charge < -0.3 is 24.3 Å². The van der Waals surface area contributed by atoms with E-state index in [2.05, 4.69) is 64.3 Å². The third kappa shape index (κ3) is 5.77. The quantitative estimate of drug-likeness (QED) is 0.365. The summed E-state index contributed by atoms with van der Waals surface area (Å²) in [5, 5.41) is 3.71. The molecule has 3 aliphatic heterocycles. The number of rotatable bonds is 6. The van der Waals surface area contributed by atoms with E-state index in [1.807, 2.05) is 6.07 Å². The van der Waals surface area contributed by atoms with Crippen LogP contribution in [-0.2, 0) is 4.74 Å². The van der Waals surface area contributed by atoms with E-state index in [0.717, 1.165) is 62.0 Å². The third-order valence-electron chi connectivity index (χ3n) is 7.24. The molecule has 3 aliphatic rings. The molecule has 4 heterocycles. The second-order valence-corrected chi connectivity index (χ2v) is 12.4. The number of piperazine rings is 1. The molecule has 2 saturated heterocycles. The highest BCUT2D eigenvalue weighted by Gasteiger charge is 2.24. The van der Waals surface area contributed by atoms with Gasteiger partial charge in [-0.1, -0.05) is 35.7 Å². The van der Waals surface area contributed by atoms with E-state index in [0.29, 0.717) is 30.9 Å². The normalized spacial score (nSPS) is 19.1. The summed E-state index contributed by atoms with van der Waals surface area (Å²) in [7, 11) is 2.20. The van der Waals surface area contributed by atoms with Crippen LogP contribution in [0.25, 0.3) is 11.3 Å². The highest BCUT2D eigenvalue weighted by Crippen LogP contribution is 2.52. The molecule has 0 amide bonds. The lowest BCUT2D eigenvalue weighted by atomic mass is 10.1. The van der Waals surface area contributed by atoms with Crippen molar-refractivity contribution >= 4 is 35.1 Å². The van der Waals surface area contributed by atoms with Gasteiger partial charge in [0.1, 0.15) is 5.76 Å². The van der Waals surface area contributed by atoms with Gasteiger partial charge in [-0.25, -0.2) is 0 Å². The van der Waals surface area contributed by atoms with Crippen molar-refractivity contribution in [2.45, 2.75) is 32.5 Å². The largest absolute Gasteiger partial charge is 0.440 e. The third-order valence-corrected chi connectivity index (χ3v) is 9.83. The molecule has 0 aliphatic carbocycles. The molecule has 0 bridgehead atoms. The van der Waals surface area contributed by atoms with E-state index in [1.54, 1.807) is 35.7 Å². The first kappa shape index (κ1) is 25.8. The Balaban J connectivity index is 1.20. The van der Waals surface area contributed by atoms with Gasteiger partial charge in [0.25, 0.3) is 0 Å². The number of likely N-dealkylation sites (N-methyl/N-ethyl adjacent to an activating group) is 1. The number of nitrogens with zero attached hydrogens (tertiary/aromatic N) is 3. The van der Waals surface area contributed by atoms with Crippen molar-refractivity contribution in [2.24, 2.45) is 0 Å². The molecular weight excluding hydrogens is 516 g/mol. The topological polar surface area (TPSA) is 61.2 Å². The molecular formula is C29H34N4O3S2. The van der Waals surface area contributed by atoms with Crippen LogP contribution >= 0.6 is 23.5 Å². The van der Waals surface area contributed by atoms with Gasteiger partial charge in [-0.2, -0.15) is 0 Å². The number of morpholine rings is 1. The summed E-state index contributed by atoms with van der Waals surface area (Å²) in [6, 6.07) is 16.5. The van der Waals surface area contributed by atoms with Crippen molar-refractivity contribution in [3.8, 4) is 11.3 Å². The monoisotopic (exact) mass is 550 g/mol. The van der Waals surface area contributed by atoms with Gasteiger partial charge in [-0.15, -0.1) is 0 Å². The van der Waals surface area contributed by atoms with Crippen LogP contribution in [0.5, 0.6) is 0 Å². The molecule has 9 heteroatoms. The summed E-state index contributed by atoms with van der Waals surface area (Å²) in [5.74, 6) is 1.23. The first-order valence-corrected chi connectivity index (χ1v) is 14.9. The van der Waals surface area contributed by atoms with Gasteiger partial charge in [0, 0.05) is 94.8 Å². The summed E-state index contributed by atoms with van der Waals surface area (Å²) >= 11 is 3.53. The molecule has 2 fully saturated rings. The fraction of sp³-hybridized carbons (Fsp3) is 0.414. The predicted molar refractivity (Wildman–Crippen MR) is 155 cm³/mol. The van der Waals surface area contributed by atoms with E-state index in [-0.39, 0.29) is 5.43 Å². The number of anilines is 2. The van der Waals surface area contributed by atoms with Gasteiger partial charge >= 0.3 is 0 Å². The molecule has 7 nitrogen and oxygen atoms in total. The van der Waals surface area contributed by atoms with Crippen LogP contribution < -0.4 is 15.6 Å². The summed E-state index contributed by atoms with van der Waals surface area (Å²) in [4.78, 5) is 24.4. The lowest BCUT2D eigenvalue weighted by Crippen LogP contribution is -2.47. The molecule has 2 aromatic carbocycles. The second-order valence-electron chi connectivity index (χ2n) is 10.2. The Morgan fingerprint density at radius 1 is 0.921 bits per heavy atom. The Kier molecular flexibility index (Phi) is 7.72. The van der Waals surface area contributed by atoms with E-state index in [1.165, 1.54) is 14.7 Å². The van der Waals surface area contributed by atoms with E-state index < -0.39 is 0 Å². The van der Waals surface area contributed by atoms with Gasteiger partial charge in [-0.3, -0.25) is 9.69 Å². The number of ether oxygens (including phenoxy) is 1. The Morgan fingerprint density at radius 2 is 1.74 bits per heavy atom. The number of benzene rings is 2. The lowest BCUT2D eigenvalue weighted by molar-refractivity contribution is 0.120. The average molecular weight is 551 g/mol. The maximum Gasteiger partial charge on any atom is 0.200 e. The number of fused-ring (bicyclic) bond motifs is 2. The maximum absolute atomic E-state index is 12.6. The highest BCUT2D eigenvalue weighted by molar-refractivity contribution is 8.05. The molecule has 38 heavy (non-hydrogen) atoms. The molecule has 6 rings (SSSR count). The van der Waals surface area contributed by atoms with Crippen LogP contribution in [0.3, 0.4) is 0 Å². The molecule has 1 N–H and O–H groups in total. The smallest absolute Gasteiger partial charge is 0.200 e. The first-order valence-electron chi connectivity index (χ1n) is 13.3. The minimum absolute atomic E-state index is 0.0411. The van der Waals surface area contributed by atoms with Gasteiger partial charge in [0.2, 0.25) is 0 Å². The molecule has 1 atom stereocenters. The molecule has 0 spiro atoms. The van der Waals surface area contributed by atoms with Crippen LogP contribution in [0.4, 0.5) is 11.6 Å². The van der Waals surface area contributed by atoms with Crippen molar-refractivity contribution < 1.29 is 9.15 Å². The van der Waals surface area contributed by atoms with Crippen molar-refractivity contribution in [3.05, 3.63) is 58.8 Å². The predicted octanol–water partition coefficient (Wildman–Crippen LogP) is 4.81. The molecule has 3 aromatic rings. The highest BCUT2D eigenvalue weighted by atomic mass is 32.2. The fourth-order valence-electron chi connectivity index (χ4n) is 5.17. The molecule has 0 radical (unpaired) electrons. The van der Waals surface area contributed by atoms with Crippen LogP contribution in [0, 0.1) is 0 Å². The summed E-state index contributed by atoms with van der Waals surface area (Å²) in [5.41, 5.74) is 2.07. The fourth-order valence-corrected chi connectivity index (χ4v) is 7.57. The van der Waals surface area contributed by atoms with Crippen molar-refractivity contribution in [2.75, 3.05) is 76.3 Å². The van der Waals surface area contributed by atoms with E-state index in [9.17, 15) is 4.79 Å². The Bertz CT molecular complexity index is 1350. The van der Waals surface area contributed by atoms with E-state index in [4.69, 9.17) is 9.15 Å². The standard InChI is InChI=1S/C29H34N4O3S2/c1-20(19-32-10-8-31(2)9-11-32)30-21-6-7-25-27(16-21)37-26-5-3-4-23(29(26)38-25)24-17-22(34)18-28(36-24)33-12-14-35-15-13-33/h3-7,16-18,20,30H,8-15,19H2,1-2H3. The SMILES string of the molecule is CC(CN1CCN(C)CC1)Nc1ccc2c(c1)Sc1cccc(-c3cc(=O)cc(N4CCOCC4)o3)c1S2. The Labute approximate surface area is 232 Å². The summed E-state index contributed by atoms with van der Waals surface area (Å²) < 4.78 is 11.8. The Morgan fingerprint density at radius 3 is 2.55 bits per heavy atom. The van der Waals surface area contributed by atoms with Gasteiger partial charge in [0.15, 0.2) is 11.3 Å². The minimum Gasteiger partial charge on any atom is -0.440 e. The number of nitrogens with one attached hydrogen (secondary N) is 1. The van der Waals surface area contributed by atoms with Gasteiger partial charge in [-0.05, 0) is 38.2 Å². The molecule has 0 saturated carbocycles. The van der Waals surface area contributed by atoms with Crippen LogP contribution in [0.2, 0.25) is 0 Å². The zero-order chi connectivity index (χ0) is 26.1. The van der Waals surface area contributed by atoms with Crippen LogP contribution in [0.1, 0.15) is 6.92 Å². The number of hydrogen-bond acceptors (Lipinski definition) is 9. The number of hydrogen-bond donors (Lipinski definition) is 1. The summed E-state index contributed by atoms with van der Waals surface area (Å²) in [6.07, 6.45) is 0. The molecule has 1 aromatic heterocycles. The van der Waals surface area contributed by atoms with E-state index >= 15 is 0 Å². The zero-order valence-electron chi connectivity index (χ0n) is 21.9. The average Bonchev–Trinajstić information content (AvgIpc) is 2.93. The van der Waals surface area contributed by atoms with Gasteiger partial charge in [0.05, 0.1) is 13.2 Å². The maximum atomic E-state index is 12.6. The first-order chi connectivity index (χ1) is 18.5. The Hall–Kier alpha value is -2.43. The van der Waals surface area contributed by atoms with Crippen molar-refractivity contribution in [1.82, 2.24) is 9.80 Å². The minimum atomic E-state index is -0.0411. The lowest BCUT2D eigenvalue weighted by Gasteiger charge is -2.34. The molecule has 1 unspecified atom stereocenters. The van der Waals surface area contributed by atoms with Crippen molar-refractivity contribution in [1.29, 1.82) is 0 Å².